The van der Waals surface area contributed by atoms with Crippen LogP contribution in [0.3, 0.4) is 0 Å². The predicted molar refractivity (Wildman–Crippen MR) is 118 cm³/mol. The summed E-state index contributed by atoms with van der Waals surface area (Å²) in [4.78, 5) is 25.6. The minimum absolute atomic E-state index is 0.164. The van der Waals surface area contributed by atoms with Crippen LogP contribution in [0.2, 0.25) is 0 Å². The predicted octanol–water partition coefficient (Wildman–Crippen LogP) is 3.68. The molecule has 30 heavy (non-hydrogen) atoms. The van der Waals surface area contributed by atoms with Crippen LogP contribution in [-0.4, -0.2) is 32.5 Å². The van der Waals surface area contributed by atoms with E-state index < -0.39 is 15.9 Å². The SMILES string of the molecule is Cc1ccc(C(=O)Nc2ccccc2C(=O)NC2CCCCC2)cc1NS(C)(=O)=O. The molecule has 2 amide bonds. The number of anilines is 2. The van der Waals surface area contributed by atoms with E-state index in [1.54, 1.807) is 43.3 Å². The van der Waals surface area contributed by atoms with Crippen molar-refractivity contribution in [3.05, 3.63) is 59.2 Å². The molecule has 0 unspecified atom stereocenters. The topological polar surface area (TPSA) is 104 Å². The van der Waals surface area contributed by atoms with Crippen LogP contribution in [-0.2, 0) is 10.0 Å². The van der Waals surface area contributed by atoms with Crippen molar-refractivity contribution in [3.63, 3.8) is 0 Å². The van der Waals surface area contributed by atoms with Gasteiger partial charge in [-0.2, -0.15) is 0 Å². The highest BCUT2D eigenvalue weighted by molar-refractivity contribution is 7.92. The number of sulfonamides is 1. The molecule has 2 aromatic rings. The molecule has 3 N–H and O–H groups in total. The molecule has 0 aromatic heterocycles. The van der Waals surface area contributed by atoms with Crippen molar-refractivity contribution in [3.8, 4) is 0 Å². The lowest BCUT2D eigenvalue weighted by molar-refractivity contribution is 0.0928. The molecule has 0 radical (unpaired) electrons. The minimum atomic E-state index is -3.47. The summed E-state index contributed by atoms with van der Waals surface area (Å²) in [6, 6.07) is 11.8. The number of benzene rings is 2. The molecule has 0 heterocycles. The van der Waals surface area contributed by atoms with E-state index in [9.17, 15) is 18.0 Å². The van der Waals surface area contributed by atoms with Gasteiger partial charge in [-0.25, -0.2) is 8.42 Å². The van der Waals surface area contributed by atoms with Gasteiger partial charge in [0.25, 0.3) is 11.8 Å². The number of amides is 2. The third-order valence-electron chi connectivity index (χ3n) is 5.16. The van der Waals surface area contributed by atoms with Crippen LogP contribution in [0.4, 0.5) is 11.4 Å². The molecule has 0 spiro atoms. The zero-order valence-electron chi connectivity index (χ0n) is 17.2. The molecule has 160 valence electrons. The van der Waals surface area contributed by atoms with Gasteiger partial charge in [0.2, 0.25) is 10.0 Å². The average Bonchev–Trinajstić information content (AvgIpc) is 2.69. The summed E-state index contributed by atoms with van der Waals surface area (Å²) in [5.41, 5.74) is 2.14. The summed E-state index contributed by atoms with van der Waals surface area (Å²) in [7, 11) is -3.47. The van der Waals surface area contributed by atoms with E-state index in [2.05, 4.69) is 15.4 Å². The summed E-state index contributed by atoms with van der Waals surface area (Å²) in [6.07, 6.45) is 6.42. The van der Waals surface area contributed by atoms with Crippen molar-refractivity contribution in [1.29, 1.82) is 0 Å². The first-order valence-corrected chi connectivity index (χ1v) is 11.9. The highest BCUT2D eigenvalue weighted by Gasteiger charge is 2.19. The molecule has 0 atom stereocenters. The molecule has 0 aliphatic heterocycles. The van der Waals surface area contributed by atoms with Crippen molar-refractivity contribution in [2.24, 2.45) is 0 Å². The molecular weight excluding hydrogens is 402 g/mol. The van der Waals surface area contributed by atoms with E-state index in [1.165, 1.54) is 12.5 Å². The largest absolute Gasteiger partial charge is 0.349 e. The molecular formula is C22H27N3O4S. The number of hydrogen-bond donors (Lipinski definition) is 3. The number of nitrogens with one attached hydrogen (secondary N) is 3. The number of aryl methyl sites for hydroxylation is 1. The number of rotatable bonds is 6. The normalized spacial score (nSPS) is 14.7. The van der Waals surface area contributed by atoms with Gasteiger partial charge in [-0.15, -0.1) is 0 Å². The Balaban J connectivity index is 1.77. The zero-order valence-corrected chi connectivity index (χ0v) is 18.0. The first-order chi connectivity index (χ1) is 14.2. The van der Waals surface area contributed by atoms with E-state index in [1.807, 2.05) is 0 Å². The maximum Gasteiger partial charge on any atom is 0.255 e. The molecule has 1 aliphatic rings. The van der Waals surface area contributed by atoms with E-state index in [-0.39, 0.29) is 17.5 Å². The van der Waals surface area contributed by atoms with Crippen LogP contribution in [0.15, 0.2) is 42.5 Å². The van der Waals surface area contributed by atoms with Crippen molar-refractivity contribution < 1.29 is 18.0 Å². The van der Waals surface area contributed by atoms with Gasteiger partial charge in [0.15, 0.2) is 0 Å². The third-order valence-corrected chi connectivity index (χ3v) is 5.75. The van der Waals surface area contributed by atoms with Crippen LogP contribution in [0.25, 0.3) is 0 Å². The van der Waals surface area contributed by atoms with E-state index in [0.717, 1.165) is 31.9 Å². The van der Waals surface area contributed by atoms with Gasteiger partial charge in [0, 0.05) is 11.6 Å². The monoisotopic (exact) mass is 429 g/mol. The lowest BCUT2D eigenvalue weighted by Gasteiger charge is -2.23. The van der Waals surface area contributed by atoms with Crippen LogP contribution >= 0.6 is 0 Å². The Morgan fingerprint density at radius 3 is 2.33 bits per heavy atom. The maximum atomic E-state index is 12.8. The fourth-order valence-electron chi connectivity index (χ4n) is 3.57. The second-order valence-corrected chi connectivity index (χ2v) is 9.46. The number of carbonyl (C=O) groups is 2. The second-order valence-electron chi connectivity index (χ2n) is 7.71. The Hall–Kier alpha value is -2.87. The molecule has 1 fully saturated rings. The van der Waals surface area contributed by atoms with Gasteiger partial charge < -0.3 is 10.6 Å². The number of carbonyl (C=O) groups excluding carboxylic acids is 2. The number of hydrogen-bond acceptors (Lipinski definition) is 4. The standard InChI is InChI=1S/C22H27N3O4S/c1-15-12-13-16(14-20(15)25-30(2,28)29)21(26)24-19-11-7-6-10-18(19)22(27)23-17-8-4-3-5-9-17/h6-7,10-14,17,25H,3-5,8-9H2,1-2H3,(H,23,27)(H,24,26). The summed E-state index contributed by atoms with van der Waals surface area (Å²) < 4.78 is 25.5. The first kappa shape index (κ1) is 21.8. The lowest BCUT2D eigenvalue weighted by atomic mass is 9.95. The van der Waals surface area contributed by atoms with Gasteiger partial charge in [0.05, 0.1) is 23.2 Å². The highest BCUT2D eigenvalue weighted by atomic mass is 32.2. The Bertz CT molecular complexity index is 1040. The average molecular weight is 430 g/mol. The van der Waals surface area contributed by atoms with Crippen LogP contribution in [0.5, 0.6) is 0 Å². The molecule has 3 rings (SSSR count). The van der Waals surface area contributed by atoms with Crippen molar-refractivity contribution in [1.82, 2.24) is 5.32 Å². The molecule has 0 saturated heterocycles. The van der Waals surface area contributed by atoms with Crippen molar-refractivity contribution in [2.45, 2.75) is 45.1 Å². The van der Waals surface area contributed by atoms with Crippen LogP contribution in [0.1, 0.15) is 58.4 Å². The van der Waals surface area contributed by atoms with Gasteiger partial charge in [-0.3, -0.25) is 14.3 Å². The molecule has 1 aliphatic carbocycles. The quantitative estimate of drug-likeness (QED) is 0.651. The minimum Gasteiger partial charge on any atom is -0.349 e. The molecule has 7 nitrogen and oxygen atoms in total. The molecule has 8 heteroatoms. The second kappa shape index (κ2) is 9.30. The summed E-state index contributed by atoms with van der Waals surface area (Å²) >= 11 is 0. The summed E-state index contributed by atoms with van der Waals surface area (Å²) in [6.45, 7) is 1.75. The van der Waals surface area contributed by atoms with Crippen molar-refractivity contribution >= 4 is 33.2 Å². The van der Waals surface area contributed by atoms with Crippen LogP contribution < -0.4 is 15.4 Å². The van der Waals surface area contributed by atoms with E-state index in [0.29, 0.717) is 22.5 Å². The smallest absolute Gasteiger partial charge is 0.255 e. The van der Waals surface area contributed by atoms with Gasteiger partial charge in [0.1, 0.15) is 0 Å². The summed E-state index contributed by atoms with van der Waals surface area (Å²) in [5.74, 6) is -0.634. The lowest BCUT2D eigenvalue weighted by Crippen LogP contribution is -2.36. The zero-order chi connectivity index (χ0) is 21.7. The maximum absolute atomic E-state index is 12.8. The Morgan fingerprint density at radius 1 is 0.933 bits per heavy atom. The highest BCUT2D eigenvalue weighted by Crippen LogP contribution is 2.22. The third kappa shape index (κ3) is 5.82. The van der Waals surface area contributed by atoms with Gasteiger partial charge >= 0.3 is 0 Å². The Kier molecular flexibility index (Phi) is 6.77. The van der Waals surface area contributed by atoms with E-state index >= 15 is 0 Å². The van der Waals surface area contributed by atoms with E-state index in [4.69, 9.17) is 0 Å². The Labute approximate surface area is 177 Å². The molecule has 0 bridgehead atoms. The summed E-state index contributed by atoms with van der Waals surface area (Å²) in [5, 5.41) is 5.84. The van der Waals surface area contributed by atoms with Gasteiger partial charge in [-0.1, -0.05) is 37.5 Å². The van der Waals surface area contributed by atoms with Gasteiger partial charge in [-0.05, 0) is 49.6 Å². The fourth-order valence-corrected chi connectivity index (χ4v) is 4.19. The fraction of sp³-hybridized carbons (Fsp3) is 0.364. The number of para-hydroxylation sites is 1. The molecule has 1 saturated carbocycles. The first-order valence-electron chi connectivity index (χ1n) is 10.0. The van der Waals surface area contributed by atoms with Crippen LogP contribution in [0, 0.1) is 6.92 Å². The van der Waals surface area contributed by atoms with Crippen molar-refractivity contribution in [2.75, 3.05) is 16.3 Å². The Morgan fingerprint density at radius 2 is 1.63 bits per heavy atom. The molecule has 2 aromatic carbocycles.